The van der Waals surface area contributed by atoms with Crippen LogP contribution in [-0.2, 0) is 23.7 Å². The molecule has 2 heterocycles. The fraction of sp³-hybridized carbons (Fsp3) is 0.182. The topological polar surface area (TPSA) is 117 Å². The van der Waals surface area contributed by atoms with Crippen molar-refractivity contribution in [3.8, 4) is 6.07 Å². The van der Waals surface area contributed by atoms with E-state index in [0.717, 1.165) is 18.3 Å². The molecule has 0 aliphatic carbocycles. The summed E-state index contributed by atoms with van der Waals surface area (Å²) in [5.74, 6) is -4.20. The summed E-state index contributed by atoms with van der Waals surface area (Å²) in [6.07, 6.45) is 0.487. The Morgan fingerprint density at radius 1 is 1.26 bits per heavy atom. The van der Waals surface area contributed by atoms with E-state index in [-0.39, 0.29) is 28.0 Å². The predicted octanol–water partition coefficient (Wildman–Crippen LogP) is 3.09. The van der Waals surface area contributed by atoms with Crippen molar-refractivity contribution in [3.63, 3.8) is 0 Å². The maximum absolute atomic E-state index is 14.5. The number of hydrogen-bond donors (Lipinski definition) is 2. The van der Waals surface area contributed by atoms with Crippen molar-refractivity contribution >= 4 is 29.1 Å². The van der Waals surface area contributed by atoms with Crippen LogP contribution in [0, 0.1) is 16.5 Å². The fourth-order valence-corrected chi connectivity index (χ4v) is 3.41. The number of benzene rings is 1. The third-order valence-corrected chi connectivity index (χ3v) is 5.36. The number of carbonyl (C=O) groups is 1. The monoisotopic (exact) mass is 507 g/mol. The van der Waals surface area contributed by atoms with Crippen LogP contribution in [0.4, 0.5) is 8.78 Å². The Morgan fingerprint density at radius 2 is 2.03 bits per heavy atom. The molecule has 0 saturated heterocycles. The van der Waals surface area contributed by atoms with E-state index in [4.69, 9.17) is 23.2 Å². The van der Waals surface area contributed by atoms with Crippen molar-refractivity contribution in [2.45, 2.75) is 18.9 Å². The molecular formula is C22H17Cl2F2N5O3. The fourth-order valence-electron chi connectivity index (χ4n) is 3.03. The SMILES string of the molecule is N#Cc1ccc(=NCC(F)(F)c2cccc[n+]2[O-])n(O)c1CC(=O)NCc1cc(Cl)ccc1Cl. The second kappa shape index (κ2) is 10.5. The molecule has 0 fully saturated rings. The number of nitrogens with zero attached hydrogens (tertiary/aromatic N) is 4. The molecular weight excluding hydrogens is 491 g/mol. The number of rotatable bonds is 7. The molecule has 0 atom stereocenters. The first-order valence-corrected chi connectivity index (χ1v) is 10.5. The summed E-state index contributed by atoms with van der Waals surface area (Å²) in [6.45, 7) is -1.11. The third-order valence-electron chi connectivity index (χ3n) is 4.75. The van der Waals surface area contributed by atoms with Gasteiger partial charge >= 0.3 is 5.92 Å². The van der Waals surface area contributed by atoms with Gasteiger partial charge in [0.05, 0.1) is 17.7 Å². The van der Waals surface area contributed by atoms with Crippen LogP contribution in [0.1, 0.15) is 22.5 Å². The molecule has 0 spiro atoms. The van der Waals surface area contributed by atoms with E-state index in [1.807, 2.05) is 6.07 Å². The number of aromatic nitrogens is 2. The van der Waals surface area contributed by atoms with Crippen LogP contribution in [0.15, 0.2) is 59.7 Å². The Morgan fingerprint density at radius 3 is 2.74 bits per heavy atom. The van der Waals surface area contributed by atoms with E-state index in [2.05, 4.69) is 10.3 Å². The summed E-state index contributed by atoms with van der Waals surface area (Å²) in [6, 6.07) is 12.5. The molecule has 1 aromatic carbocycles. The lowest BCUT2D eigenvalue weighted by molar-refractivity contribution is -0.624. The van der Waals surface area contributed by atoms with Gasteiger partial charge in [0.1, 0.15) is 12.6 Å². The molecule has 2 N–H and O–H groups in total. The second-order valence-corrected chi connectivity index (χ2v) is 7.94. The highest BCUT2D eigenvalue weighted by atomic mass is 35.5. The minimum absolute atomic E-state index is 0.0310. The Balaban J connectivity index is 1.82. The Hall–Kier alpha value is -3.68. The van der Waals surface area contributed by atoms with Crippen molar-refractivity contribution in [1.82, 2.24) is 10.0 Å². The van der Waals surface area contributed by atoms with E-state index >= 15 is 0 Å². The normalized spacial score (nSPS) is 11.8. The molecule has 0 aliphatic rings. The molecule has 3 rings (SSSR count). The standard InChI is InChI=1S/C22H17Cl2F2N5O3/c23-16-5-6-17(24)15(9-16)12-28-21(32)10-18-14(11-27)4-7-20(31(18)34)29-13-22(25,26)19-3-1-2-8-30(19)33/h1-9,34H,10,12-13H2,(H,28,32). The summed E-state index contributed by atoms with van der Waals surface area (Å²) in [4.78, 5) is 16.1. The van der Waals surface area contributed by atoms with Crippen LogP contribution in [0.25, 0.3) is 0 Å². The zero-order valence-corrected chi connectivity index (χ0v) is 18.9. The molecule has 0 radical (unpaired) electrons. The number of hydrogen-bond acceptors (Lipinski definition) is 5. The van der Waals surface area contributed by atoms with Gasteiger partial charge in [-0.15, -0.1) is 0 Å². The molecule has 1 amide bonds. The first-order chi connectivity index (χ1) is 16.1. The molecule has 34 heavy (non-hydrogen) atoms. The third kappa shape index (κ3) is 5.81. The smallest absolute Gasteiger partial charge is 0.350 e. The quantitative estimate of drug-likeness (QED) is 0.290. The van der Waals surface area contributed by atoms with Crippen molar-refractivity contribution in [2.24, 2.45) is 4.99 Å². The number of alkyl halides is 2. The van der Waals surface area contributed by atoms with E-state index in [1.165, 1.54) is 18.2 Å². The second-order valence-electron chi connectivity index (χ2n) is 7.10. The Bertz CT molecular complexity index is 1340. The zero-order chi connectivity index (χ0) is 24.9. The van der Waals surface area contributed by atoms with Gasteiger partial charge in [-0.05, 0) is 42.0 Å². The first-order valence-electron chi connectivity index (χ1n) is 9.74. The summed E-state index contributed by atoms with van der Waals surface area (Å²) in [7, 11) is 0. The highest BCUT2D eigenvalue weighted by Crippen LogP contribution is 2.25. The number of pyridine rings is 2. The number of amides is 1. The Labute approximate surface area is 202 Å². The van der Waals surface area contributed by atoms with E-state index in [9.17, 15) is 29.3 Å². The molecule has 0 bridgehead atoms. The van der Waals surface area contributed by atoms with Gasteiger partial charge in [-0.25, -0.2) is 0 Å². The lowest BCUT2D eigenvalue weighted by atomic mass is 10.1. The van der Waals surface area contributed by atoms with Gasteiger partial charge in [-0.1, -0.05) is 23.2 Å². The largest absolute Gasteiger partial charge is 0.618 e. The van der Waals surface area contributed by atoms with Crippen LogP contribution in [0.3, 0.4) is 0 Å². The van der Waals surface area contributed by atoms with E-state index < -0.39 is 30.5 Å². The molecule has 8 nitrogen and oxygen atoms in total. The van der Waals surface area contributed by atoms with E-state index in [1.54, 1.807) is 18.2 Å². The van der Waals surface area contributed by atoms with Gasteiger partial charge in [0.2, 0.25) is 5.91 Å². The minimum Gasteiger partial charge on any atom is -0.618 e. The summed E-state index contributed by atoms with van der Waals surface area (Å²) >= 11 is 12.0. The first kappa shape index (κ1) is 25.0. The average Bonchev–Trinajstić information content (AvgIpc) is 2.80. The molecule has 3 aromatic rings. The van der Waals surface area contributed by atoms with E-state index in [0.29, 0.717) is 20.3 Å². The molecule has 0 unspecified atom stereocenters. The van der Waals surface area contributed by atoms with Gasteiger partial charge < -0.3 is 15.7 Å². The van der Waals surface area contributed by atoms with Crippen LogP contribution >= 0.6 is 23.2 Å². The summed E-state index contributed by atoms with van der Waals surface area (Å²) in [5.41, 5.74) is -0.781. The molecule has 2 aromatic heterocycles. The van der Waals surface area contributed by atoms with Crippen molar-refractivity contribution in [1.29, 1.82) is 5.26 Å². The minimum atomic E-state index is -3.63. The molecule has 0 saturated carbocycles. The number of nitrogens with one attached hydrogen (secondary N) is 1. The number of nitriles is 1. The predicted molar refractivity (Wildman–Crippen MR) is 118 cm³/mol. The van der Waals surface area contributed by atoms with Gasteiger partial charge in [0.15, 0.2) is 11.7 Å². The maximum Gasteiger partial charge on any atom is 0.350 e. The highest BCUT2D eigenvalue weighted by molar-refractivity contribution is 6.33. The maximum atomic E-state index is 14.5. The van der Waals surface area contributed by atoms with Crippen molar-refractivity contribution < 1.29 is 23.5 Å². The van der Waals surface area contributed by atoms with Crippen molar-refractivity contribution in [3.05, 3.63) is 98.0 Å². The Kier molecular flexibility index (Phi) is 7.71. The van der Waals surface area contributed by atoms with Gasteiger partial charge in [0.25, 0.3) is 5.69 Å². The van der Waals surface area contributed by atoms with Crippen LogP contribution in [0.5, 0.6) is 0 Å². The number of halogens is 4. The van der Waals surface area contributed by atoms with Crippen LogP contribution in [0.2, 0.25) is 10.0 Å². The molecule has 176 valence electrons. The molecule has 0 aliphatic heterocycles. The van der Waals surface area contributed by atoms with Gasteiger partial charge in [0, 0.05) is 28.7 Å². The molecule has 12 heteroatoms. The van der Waals surface area contributed by atoms with Crippen molar-refractivity contribution in [2.75, 3.05) is 6.54 Å². The average molecular weight is 508 g/mol. The summed E-state index contributed by atoms with van der Waals surface area (Å²) < 4.78 is 29.4. The summed E-state index contributed by atoms with van der Waals surface area (Å²) in [5, 5.41) is 34.9. The van der Waals surface area contributed by atoms with Crippen LogP contribution in [-0.4, -0.2) is 22.4 Å². The lowest BCUT2D eigenvalue weighted by Gasteiger charge is -2.14. The van der Waals surface area contributed by atoms with Crippen LogP contribution < -0.4 is 15.5 Å². The highest BCUT2D eigenvalue weighted by Gasteiger charge is 2.39. The lowest BCUT2D eigenvalue weighted by Crippen LogP contribution is -2.39. The van der Waals surface area contributed by atoms with Gasteiger partial charge in [-0.3, -0.25) is 9.79 Å². The zero-order valence-electron chi connectivity index (χ0n) is 17.4. The van der Waals surface area contributed by atoms with Gasteiger partial charge in [-0.2, -0.15) is 23.5 Å². The number of carbonyl (C=O) groups excluding carboxylic acids is 1.